The molecule has 0 unspecified atom stereocenters. The van der Waals surface area contributed by atoms with E-state index in [1.54, 1.807) is 7.05 Å². The third kappa shape index (κ3) is 3.99. The fraction of sp³-hybridized carbons (Fsp3) is 0.727. The minimum absolute atomic E-state index is 0.0241. The summed E-state index contributed by atoms with van der Waals surface area (Å²) in [5.41, 5.74) is 0.0241. The zero-order valence-corrected chi connectivity index (χ0v) is 11.2. The van der Waals surface area contributed by atoms with Crippen LogP contribution in [0.5, 0.6) is 0 Å². The number of nitrogens with zero attached hydrogens (tertiary/aromatic N) is 4. The molecule has 7 heteroatoms. The molecule has 0 aliphatic heterocycles. The van der Waals surface area contributed by atoms with Crippen LogP contribution in [0.15, 0.2) is 6.20 Å². The summed E-state index contributed by atoms with van der Waals surface area (Å²) >= 11 is 0. The molecule has 0 saturated carbocycles. The molecule has 1 heterocycles. The highest BCUT2D eigenvalue weighted by atomic mass is 16.6. The first-order valence-corrected chi connectivity index (χ1v) is 6.22. The van der Waals surface area contributed by atoms with Gasteiger partial charge in [-0.2, -0.15) is 0 Å². The SMILES string of the molecule is CCCN(CC)CCNc1nn(C)cc1[N+](=O)[O-]. The van der Waals surface area contributed by atoms with Gasteiger partial charge in [0.25, 0.3) is 0 Å². The molecule has 0 radical (unpaired) electrons. The van der Waals surface area contributed by atoms with Crippen molar-refractivity contribution in [1.82, 2.24) is 14.7 Å². The van der Waals surface area contributed by atoms with E-state index in [9.17, 15) is 10.1 Å². The molecule has 0 aliphatic rings. The van der Waals surface area contributed by atoms with Crippen molar-refractivity contribution >= 4 is 11.5 Å². The van der Waals surface area contributed by atoms with E-state index in [4.69, 9.17) is 0 Å². The lowest BCUT2D eigenvalue weighted by molar-refractivity contribution is -0.384. The van der Waals surface area contributed by atoms with Crippen molar-refractivity contribution in [2.45, 2.75) is 20.3 Å². The minimum atomic E-state index is -0.418. The van der Waals surface area contributed by atoms with Gasteiger partial charge in [-0.1, -0.05) is 13.8 Å². The topological polar surface area (TPSA) is 76.2 Å². The second-order valence-electron chi connectivity index (χ2n) is 4.15. The molecule has 1 aromatic rings. The lowest BCUT2D eigenvalue weighted by Gasteiger charge is -2.19. The molecule has 0 aliphatic carbocycles. The first-order valence-electron chi connectivity index (χ1n) is 6.22. The molecule has 18 heavy (non-hydrogen) atoms. The van der Waals surface area contributed by atoms with Crippen LogP contribution < -0.4 is 5.32 Å². The fourth-order valence-corrected chi connectivity index (χ4v) is 1.81. The van der Waals surface area contributed by atoms with Gasteiger partial charge < -0.3 is 10.2 Å². The van der Waals surface area contributed by atoms with Gasteiger partial charge in [0, 0.05) is 20.1 Å². The monoisotopic (exact) mass is 255 g/mol. The van der Waals surface area contributed by atoms with Crippen molar-refractivity contribution in [2.24, 2.45) is 7.05 Å². The van der Waals surface area contributed by atoms with E-state index >= 15 is 0 Å². The average molecular weight is 255 g/mol. The zero-order chi connectivity index (χ0) is 13.5. The van der Waals surface area contributed by atoms with Gasteiger partial charge in [-0.15, -0.1) is 5.10 Å². The Labute approximate surface area is 107 Å². The van der Waals surface area contributed by atoms with E-state index in [2.05, 4.69) is 29.2 Å². The molecule has 102 valence electrons. The number of hydrogen-bond acceptors (Lipinski definition) is 5. The van der Waals surface area contributed by atoms with E-state index in [1.165, 1.54) is 10.9 Å². The Kier molecular flexibility index (Phi) is 5.57. The summed E-state index contributed by atoms with van der Waals surface area (Å²) in [7, 11) is 1.67. The lowest BCUT2D eigenvalue weighted by atomic mass is 10.4. The van der Waals surface area contributed by atoms with Gasteiger partial charge in [0.1, 0.15) is 6.20 Å². The zero-order valence-electron chi connectivity index (χ0n) is 11.2. The van der Waals surface area contributed by atoms with Crippen LogP contribution in [0.3, 0.4) is 0 Å². The van der Waals surface area contributed by atoms with Gasteiger partial charge >= 0.3 is 5.69 Å². The van der Waals surface area contributed by atoms with Gasteiger partial charge in [0.15, 0.2) is 0 Å². The molecule has 0 atom stereocenters. The standard InChI is InChI=1S/C11H21N5O2/c1-4-7-15(5-2)8-6-12-11-10(16(17)18)9-14(3)13-11/h9H,4-8H2,1-3H3,(H,12,13). The molecule has 0 spiro atoms. The maximum atomic E-state index is 10.8. The number of hydrogen-bond donors (Lipinski definition) is 1. The van der Waals surface area contributed by atoms with Crippen molar-refractivity contribution in [3.63, 3.8) is 0 Å². The van der Waals surface area contributed by atoms with Gasteiger partial charge in [-0.25, -0.2) is 0 Å². The van der Waals surface area contributed by atoms with Crippen LogP contribution in [0.25, 0.3) is 0 Å². The lowest BCUT2D eigenvalue weighted by Crippen LogP contribution is -2.29. The van der Waals surface area contributed by atoms with E-state index in [0.29, 0.717) is 12.4 Å². The second-order valence-corrected chi connectivity index (χ2v) is 4.15. The number of nitrogens with one attached hydrogen (secondary N) is 1. The number of aromatic nitrogens is 2. The van der Waals surface area contributed by atoms with Crippen molar-refractivity contribution in [1.29, 1.82) is 0 Å². The number of aryl methyl sites for hydroxylation is 1. The van der Waals surface area contributed by atoms with Crippen LogP contribution in [0.2, 0.25) is 0 Å². The Morgan fingerprint density at radius 2 is 2.22 bits per heavy atom. The molecule has 0 fully saturated rings. The van der Waals surface area contributed by atoms with E-state index in [1.807, 2.05) is 0 Å². The second kappa shape index (κ2) is 6.95. The first kappa shape index (κ1) is 14.4. The maximum absolute atomic E-state index is 10.8. The Hall–Kier alpha value is -1.63. The molecule has 7 nitrogen and oxygen atoms in total. The van der Waals surface area contributed by atoms with Crippen molar-refractivity contribution < 1.29 is 4.92 Å². The Balaban J connectivity index is 2.50. The van der Waals surface area contributed by atoms with Crippen LogP contribution in [0.4, 0.5) is 11.5 Å². The smallest absolute Gasteiger partial charge is 0.330 e. The largest absolute Gasteiger partial charge is 0.362 e. The molecule has 0 aromatic carbocycles. The third-order valence-electron chi connectivity index (χ3n) is 2.71. The fourth-order valence-electron chi connectivity index (χ4n) is 1.81. The summed E-state index contributed by atoms with van der Waals surface area (Å²) in [5.74, 6) is 0.343. The molecular formula is C11H21N5O2. The van der Waals surface area contributed by atoms with Crippen LogP contribution >= 0.6 is 0 Å². The normalized spacial score (nSPS) is 10.9. The minimum Gasteiger partial charge on any atom is -0.362 e. The Morgan fingerprint density at radius 3 is 2.78 bits per heavy atom. The Morgan fingerprint density at radius 1 is 1.50 bits per heavy atom. The summed E-state index contributed by atoms with van der Waals surface area (Å²) in [6.45, 7) is 7.80. The summed E-state index contributed by atoms with van der Waals surface area (Å²) in [5, 5.41) is 17.9. The first-order chi connectivity index (χ1) is 8.58. The summed E-state index contributed by atoms with van der Waals surface area (Å²) in [4.78, 5) is 12.7. The highest BCUT2D eigenvalue weighted by Crippen LogP contribution is 2.20. The van der Waals surface area contributed by atoms with E-state index in [-0.39, 0.29) is 5.69 Å². The van der Waals surface area contributed by atoms with E-state index in [0.717, 1.165) is 26.1 Å². The summed E-state index contributed by atoms with van der Waals surface area (Å²) in [6.07, 6.45) is 2.52. The number of anilines is 1. The Bertz CT molecular complexity index is 391. The van der Waals surface area contributed by atoms with Gasteiger partial charge in [0.05, 0.1) is 4.92 Å². The molecule has 1 rings (SSSR count). The van der Waals surface area contributed by atoms with Crippen LogP contribution in [-0.4, -0.2) is 45.8 Å². The highest BCUT2D eigenvalue weighted by Gasteiger charge is 2.17. The van der Waals surface area contributed by atoms with Crippen molar-refractivity contribution in [3.8, 4) is 0 Å². The molecule has 1 N–H and O–H groups in total. The van der Waals surface area contributed by atoms with Gasteiger partial charge in [0.2, 0.25) is 5.82 Å². The van der Waals surface area contributed by atoms with Gasteiger partial charge in [-0.3, -0.25) is 14.8 Å². The quantitative estimate of drug-likeness (QED) is 0.562. The number of rotatable bonds is 8. The van der Waals surface area contributed by atoms with E-state index < -0.39 is 4.92 Å². The van der Waals surface area contributed by atoms with Crippen LogP contribution in [-0.2, 0) is 7.05 Å². The molecule has 0 bridgehead atoms. The van der Waals surface area contributed by atoms with Gasteiger partial charge in [-0.05, 0) is 19.5 Å². The molecule has 0 amide bonds. The van der Waals surface area contributed by atoms with Crippen molar-refractivity contribution in [3.05, 3.63) is 16.3 Å². The molecule has 0 saturated heterocycles. The third-order valence-corrected chi connectivity index (χ3v) is 2.71. The average Bonchev–Trinajstić information content (AvgIpc) is 2.69. The predicted molar refractivity (Wildman–Crippen MR) is 70.8 cm³/mol. The van der Waals surface area contributed by atoms with Crippen LogP contribution in [0, 0.1) is 10.1 Å². The van der Waals surface area contributed by atoms with Crippen molar-refractivity contribution in [2.75, 3.05) is 31.5 Å². The number of likely N-dealkylation sites (N-methyl/N-ethyl adjacent to an activating group) is 1. The maximum Gasteiger partial charge on any atom is 0.330 e. The molecule has 1 aromatic heterocycles. The summed E-state index contributed by atoms with van der Waals surface area (Å²) < 4.78 is 1.45. The highest BCUT2D eigenvalue weighted by molar-refractivity contribution is 5.54. The predicted octanol–water partition coefficient (Wildman–Crippen LogP) is 1.47. The molecular weight excluding hydrogens is 234 g/mol. The number of nitro groups is 1. The van der Waals surface area contributed by atoms with Crippen LogP contribution in [0.1, 0.15) is 20.3 Å². The summed E-state index contributed by atoms with van der Waals surface area (Å²) in [6, 6.07) is 0.